The van der Waals surface area contributed by atoms with Gasteiger partial charge in [-0.3, -0.25) is 0 Å². The van der Waals surface area contributed by atoms with E-state index in [4.69, 9.17) is 9.72 Å². The van der Waals surface area contributed by atoms with Crippen LogP contribution in [0.5, 0.6) is 5.75 Å². The third-order valence-corrected chi connectivity index (χ3v) is 8.67. The lowest BCUT2D eigenvalue weighted by Crippen LogP contribution is -2.38. The maximum atomic E-state index is 13.0. The van der Waals surface area contributed by atoms with Gasteiger partial charge in [-0.15, -0.1) is 23.1 Å². The van der Waals surface area contributed by atoms with Crippen molar-refractivity contribution in [3.05, 3.63) is 86.6 Å². The quantitative estimate of drug-likeness (QED) is 0.208. The van der Waals surface area contributed by atoms with E-state index in [0.717, 1.165) is 38.7 Å². The lowest BCUT2D eigenvalue weighted by molar-refractivity contribution is -0.152. The van der Waals surface area contributed by atoms with Gasteiger partial charge in [0.2, 0.25) is 0 Å². The van der Waals surface area contributed by atoms with E-state index in [0.29, 0.717) is 28.5 Å². The van der Waals surface area contributed by atoms with Gasteiger partial charge in [0.1, 0.15) is 10.8 Å². The number of nitrogens with zero attached hydrogens (tertiary/aromatic N) is 1. The first-order valence-corrected chi connectivity index (χ1v) is 14.0. The van der Waals surface area contributed by atoms with Crippen LogP contribution in [0.25, 0.3) is 10.6 Å². The molecule has 0 bridgehead atoms. The van der Waals surface area contributed by atoms with E-state index >= 15 is 0 Å². The molecule has 0 spiro atoms. The number of aliphatic carboxylic acids is 1. The first kappa shape index (κ1) is 27.2. The molecule has 0 amide bonds. The Morgan fingerprint density at radius 2 is 1.84 bits per heavy atom. The Bertz CT molecular complexity index is 1380. The number of thioether (sulfide) groups is 1. The average Bonchev–Trinajstić information content (AvgIpc) is 3.49. The van der Waals surface area contributed by atoms with Gasteiger partial charge in [-0.1, -0.05) is 12.1 Å². The van der Waals surface area contributed by atoms with Crippen LogP contribution >= 0.6 is 34.4 Å². The van der Waals surface area contributed by atoms with Gasteiger partial charge in [-0.25, -0.2) is 9.78 Å². The van der Waals surface area contributed by atoms with Crippen molar-refractivity contribution in [1.29, 1.82) is 0 Å². The SMILES string of the molecule is Cc1cc(SCc2sc(-c3ccc(C(F)(F)F)cc3)nc2Cc2ccsc2)ccc1OC(C)(C)C(=O)O. The zero-order chi connectivity index (χ0) is 26.8. The Hall–Kier alpha value is -2.82. The van der Waals surface area contributed by atoms with Gasteiger partial charge in [0.05, 0.1) is 11.3 Å². The number of benzene rings is 2. The normalized spacial score (nSPS) is 12.1. The largest absolute Gasteiger partial charge is 0.478 e. The first-order chi connectivity index (χ1) is 17.4. The van der Waals surface area contributed by atoms with Gasteiger partial charge in [0.25, 0.3) is 0 Å². The molecule has 37 heavy (non-hydrogen) atoms. The summed E-state index contributed by atoms with van der Waals surface area (Å²) in [5.41, 5.74) is 1.50. The molecule has 0 radical (unpaired) electrons. The summed E-state index contributed by atoms with van der Waals surface area (Å²) in [6, 6.07) is 12.8. The number of thiazole rings is 1. The molecule has 4 rings (SSSR count). The van der Waals surface area contributed by atoms with Crippen LogP contribution in [0.1, 0.15) is 41.1 Å². The summed E-state index contributed by atoms with van der Waals surface area (Å²) in [6.45, 7) is 4.88. The summed E-state index contributed by atoms with van der Waals surface area (Å²) in [5, 5.41) is 14.1. The van der Waals surface area contributed by atoms with Crippen molar-refractivity contribution < 1.29 is 27.8 Å². The monoisotopic (exact) mass is 563 g/mol. The molecular formula is C27H24F3NO3S3. The maximum absolute atomic E-state index is 13.0. The van der Waals surface area contributed by atoms with Crippen LogP contribution in [0, 0.1) is 6.92 Å². The number of aromatic nitrogens is 1. The molecule has 194 valence electrons. The summed E-state index contributed by atoms with van der Waals surface area (Å²) in [4.78, 5) is 18.2. The fourth-order valence-corrected chi connectivity index (χ4v) is 6.29. The topological polar surface area (TPSA) is 59.4 Å². The van der Waals surface area contributed by atoms with Crippen LogP contribution < -0.4 is 4.74 Å². The lowest BCUT2D eigenvalue weighted by atomic mass is 10.1. The third kappa shape index (κ3) is 6.74. The maximum Gasteiger partial charge on any atom is 0.416 e. The molecule has 2 heterocycles. The van der Waals surface area contributed by atoms with Gasteiger partial charge in [-0.2, -0.15) is 24.5 Å². The van der Waals surface area contributed by atoms with Crippen molar-refractivity contribution in [2.45, 2.75) is 49.6 Å². The van der Waals surface area contributed by atoms with Crippen molar-refractivity contribution in [2.75, 3.05) is 0 Å². The van der Waals surface area contributed by atoms with E-state index in [1.54, 1.807) is 29.2 Å². The number of ether oxygens (including phenoxy) is 1. The predicted molar refractivity (Wildman–Crippen MR) is 143 cm³/mol. The van der Waals surface area contributed by atoms with Crippen molar-refractivity contribution in [2.24, 2.45) is 0 Å². The fourth-order valence-electron chi connectivity index (χ4n) is 3.44. The molecule has 10 heteroatoms. The summed E-state index contributed by atoms with van der Waals surface area (Å²) in [5.74, 6) is 0.104. The summed E-state index contributed by atoms with van der Waals surface area (Å²) >= 11 is 4.71. The van der Waals surface area contributed by atoms with Crippen LogP contribution in [0.3, 0.4) is 0 Å². The number of aryl methyl sites for hydroxylation is 1. The number of alkyl halides is 3. The molecule has 0 fully saturated rings. The van der Waals surface area contributed by atoms with E-state index in [-0.39, 0.29) is 0 Å². The highest BCUT2D eigenvalue weighted by Crippen LogP contribution is 2.37. The minimum absolute atomic E-state index is 0.511. The molecule has 0 atom stereocenters. The number of hydrogen-bond acceptors (Lipinski definition) is 6. The van der Waals surface area contributed by atoms with Gasteiger partial charge in [-0.05, 0) is 79.1 Å². The van der Waals surface area contributed by atoms with E-state index in [2.05, 4.69) is 5.38 Å². The molecule has 4 nitrogen and oxygen atoms in total. The Morgan fingerprint density at radius 3 is 2.43 bits per heavy atom. The van der Waals surface area contributed by atoms with Crippen molar-refractivity contribution in [1.82, 2.24) is 4.98 Å². The molecule has 1 N–H and O–H groups in total. The Kier molecular flexibility index (Phi) is 8.01. The molecular weight excluding hydrogens is 539 g/mol. The zero-order valence-electron chi connectivity index (χ0n) is 20.3. The van der Waals surface area contributed by atoms with E-state index in [1.165, 1.54) is 37.3 Å². The minimum Gasteiger partial charge on any atom is -0.478 e. The predicted octanol–water partition coefficient (Wildman–Crippen LogP) is 8.32. The van der Waals surface area contributed by atoms with Crippen LogP contribution in [0.2, 0.25) is 0 Å². The molecule has 0 unspecified atom stereocenters. The lowest BCUT2D eigenvalue weighted by Gasteiger charge is -2.23. The summed E-state index contributed by atoms with van der Waals surface area (Å²) < 4.78 is 44.6. The number of thiophene rings is 1. The van der Waals surface area contributed by atoms with Crippen LogP contribution in [-0.2, 0) is 23.1 Å². The standard InChI is InChI=1S/C27H24F3NO3S3/c1-16-12-20(8-9-22(16)34-26(2,3)25(32)33)36-15-23-21(13-17-10-11-35-14-17)31-24(37-23)18-4-6-19(7-5-18)27(28,29)30/h4-12,14H,13,15H2,1-3H3,(H,32,33). The number of carboxylic acids is 1. The number of carbonyl (C=O) groups is 1. The average molecular weight is 564 g/mol. The van der Waals surface area contributed by atoms with Crippen LogP contribution in [0.15, 0.2) is 64.2 Å². The van der Waals surface area contributed by atoms with E-state index in [9.17, 15) is 23.1 Å². The molecule has 4 aromatic rings. The minimum atomic E-state index is -4.38. The zero-order valence-corrected chi connectivity index (χ0v) is 22.7. The van der Waals surface area contributed by atoms with Gasteiger partial charge in [0.15, 0.2) is 5.60 Å². The highest BCUT2D eigenvalue weighted by Gasteiger charge is 2.31. The third-order valence-electron chi connectivity index (χ3n) is 5.59. The molecule has 0 aliphatic rings. The number of hydrogen-bond donors (Lipinski definition) is 1. The van der Waals surface area contributed by atoms with Gasteiger partial charge >= 0.3 is 12.1 Å². The Morgan fingerprint density at radius 1 is 1.11 bits per heavy atom. The molecule has 2 aromatic heterocycles. The van der Waals surface area contributed by atoms with Gasteiger partial charge in [0, 0.05) is 27.5 Å². The Balaban J connectivity index is 1.55. The van der Waals surface area contributed by atoms with Gasteiger partial charge < -0.3 is 9.84 Å². The smallest absolute Gasteiger partial charge is 0.416 e. The molecule has 0 aliphatic carbocycles. The summed E-state index contributed by atoms with van der Waals surface area (Å²) in [7, 11) is 0. The number of halogens is 3. The molecule has 0 saturated heterocycles. The molecule has 0 aliphatic heterocycles. The van der Waals surface area contributed by atoms with E-state index in [1.807, 2.05) is 30.5 Å². The molecule has 2 aromatic carbocycles. The van der Waals surface area contributed by atoms with Crippen LogP contribution in [-0.4, -0.2) is 21.7 Å². The highest BCUT2D eigenvalue weighted by atomic mass is 32.2. The van der Waals surface area contributed by atoms with E-state index < -0.39 is 23.3 Å². The van der Waals surface area contributed by atoms with Crippen molar-refractivity contribution in [3.8, 4) is 16.3 Å². The Labute approximate surface area is 225 Å². The van der Waals surface area contributed by atoms with Crippen molar-refractivity contribution >= 4 is 40.4 Å². The van der Waals surface area contributed by atoms with Crippen LogP contribution in [0.4, 0.5) is 13.2 Å². The second-order valence-electron chi connectivity index (χ2n) is 8.91. The highest BCUT2D eigenvalue weighted by molar-refractivity contribution is 7.98. The fraction of sp³-hybridized carbons (Fsp3) is 0.259. The second-order valence-corrected chi connectivity index (χ2v) is 11.8. The molecule has 0 saturated carbocycles. The van der Waals surface area contributed by atoms with Crippen molar-refractivity contribution in [3.63, 3.8) is 0 Å². The second kappa shape index (κ2) is 10.9. The summed E-state index contributed by atoms with van der Waals surface area (Å²) in [6.07, 6.45) is -3.73. The first-order valence-electron chi connectivity index (χ1n) is 11.3. The number of rotatable bonds is 9. The number of carboxylic acid groups (broad SMARTS) is 1.